The van der Waals surface area contributed by atoms with Crippen LogP contribution in [0.2, 0.25) is 0 Å². The van der Waals surface area contributed by atoms with Crippen LogP contribution in [0.5, 0.6) is 0 Å². The second kappa shape index (κ2) is 6.77. The highest BCUT2D eigenvalue weighted by Crippen LogP contribution is 2.22. The average molecular weight is 351 g/mol. The number of hydrogen-bond donors (Lipinski definition) is 1. The molecule has 0 bridgehead atoms. The van der Waals surface area contributed by atoms with Crippen LogP contribution in [-0.4, -0.2) is 41.6 Å². The molecule has 1 unspecified atom stereocenters. The monoisotopic (exact) mass is 349 g/mol. The summed E-state index contributed by atoms with van der Waals surface area (Å²) in [7, 11) is 1.95. The van der Waals surface area contributed by atoms with Crippen LogP contribution in [0, 0.1) is 0 Å². The Bertz CT molecular complexity index is 447. The van der Waals surface area contributed by atoms with Crippen LogP contribution in [0.15, 0.2) is 16.7 Å². The number of rotatable bonds is 3. The maximum atomic E-state index is 12.5. The molecule has 1 N–H and O–H groups in total. The number of hydrogen-bond acceptors (Lipinski definition) is 2. The summed E-state index contributed by atoms with van der Waals surface area (Å²) < 4.78 is 2.99. The molecule has 1 fully saturated rings. The van der Waals surface area contributed by atoms with Gasteiger partial charge in [-0.15, -0.1) is 12.4 Å². The van der Waals surface area contributed by atoms with E-state index in [2.05, 4.69) is 35.1 Å². The summed E-state index contributed by atoms with van der Waals surface area (Å²) in [6.45, 7) is 5.81. The lowest BCUT2D eigenvalue weighted by molar-refractivity contribution is 0.0777. The molecule has 0 spiro atoms. The van der Waals surface area contributed by atoms with E-state index in [-0.39, 0.29) is 24.4 Å². The van der Waals surface area contributed by atoms with Crippen LogP contribution in [0.3, 0.4) is 0 Å². The standard InChI is InChI=1S/C13H20BrN3O.ClH/c1-9(2)17-7-10(14)6-12(17)13(18)16-5-4-11(8-16)15-3;/h6-7,9,11,15H,4-5,8H2,1-3H3;1H. The maximum absolute atomic E-state index is 12.5. The highest BCUT2D eigenvalue weighted by Gasteiger charge is 2.28. The van der Waals surface area contributed by atoms with E-state index in [1.54, 1.807) is 0 Å². The topological polar surface area (TPSA) is 37.3 Å². The van der Waals surface area contributed by atoms with Gasteiger partial charge in [-0.25, -0.2) is 0 Å². The van der Waals surface area contributed by atoms with Gasteiger partial charge < -0.3 is 14.8 Å². The first-order valence-corrected chi connectivity index (χ1v) is 7.16. The summed E-state index contributed by atoms with van der Waals surface area (Å²) in [4.78, 5) is 14.4. The third-order valence-corrected chi connectivity index (χ3v) is 3.91. The molecule has 0 aromatic carbocycles. The van der Waals surface area contributed by atoms with Crippen molar-refractivity contribution in [2.45, 2.75) is 32.4 Å². The van der Waals surface area contributed by atoms with Crippen LogP contribution in [-0.2, 0) is 0 Å². The van der Waals surface area contributed by atoms with Gasteiger partial charge in [-0.1, -0.05) is 0 Å². The Morgan fingerprint density at radius 1 is 1.53 bits per heavy atom. The van der Waals surface area contributed by atoms with E-state index in [0.29, 0.717) is 6.04 Å². The first-order chi connectivity index (χ1) is 8.52. The van der Waals surface area contributed by atoms with E-state index in [9.17, 15) is 4.79 Å². The van der Waals surface area contributed by atoms with Crippen LogP contribution >= 0.6 is 28.3 Å². The Morgan fingerprint density at radius 2 is 2.21 bits per heavy atom. The molecule has 1 saturated heterocycles. The van der Waals surface area contributed by atoms with E-state index >= 15 is 0 Å². The molecule has 0 saturated carbocycles. The number of carbonyl (C=O) groups excluding carboxylic acids is 1. The number of likely N-dealkylation sites (tertiary alicyclic amines) is 1. The average Bonchev–Trinajstić information content (AvgIpc) is 2.94. The van der Waals surface area contributed by atoms with Crippen molar-refractivity contribution in [3.05, 3.63) is 22.4 Å². The van der Waals surface area contributed by atoms with Crippen molar-refractivity contribution in [2.24, 2.45) is 0 Å². The zero-order valence-electron chi connectivity index (χ0n) is 11.5. The van der Waals surface area contributed by atoms with Crippen molar-refractivity contribution in [1.82, 2.24) is 14.8 Å². The Hall–Kier alpha value is -0.520. The third kappa shape index (κ3) is 3.52. The van der Waals surface area contributed by atoms with E-state index in [1.807, 2.05) is 28.8 Å². The lowest BCUT2D eigenvalue weighted by Gasteiger charge is -2.19. The van der Waals surface area contributed by atoms with Gasteiger partial charge >= 0.3 is 0 Å². The molecule has 1 amide bonds. The predicted octanol–water partition coefficient (Wildman–Crippen LogP) is 2.69. The Kier molecular flexibility index (Phi) is 5.89. The largest absolute Gasteiger partial charge is 0.340 e. The summed E-state index contributed by atoms with van der Waals surface area (Å²) >= 11 is 3.45. The number of nitrogens with zero attached hydrogens (tertiary/aromatic N) is 2. The van der Waals surface area contributed by atoms with Gasteiger partial charge in [0.1, 0.15) is 5.69 Å². The maximum Gasteiger partial charge on any atom is 0.270 e. The minimum atomic E-state index is 0. The number of carbonyl (C=O) groups is 1. The van der Waals surface area contributed by atoms with Gasteiger partial charge in [0.15, 0.2) is 0 Å². The van der Waals surface area contributed by atoms with Gasteiger partial charge in [-0.2, -0.15) is 0 Å². The summed E-state index contributed by atoms with van der Waals surface area (Å²) in [6.07, 6.45) is 3.01. The van der Waals surface area contributed by atoms with E-state index in [0.717, 1.165) is 29.7 Å². The number of halogens is 2. The molecule has 19 heavy (non-hydrogen) atoms. The lowest BCUT2D eigenvalue weighted by Crippen LogP contribution is -2.34. The lowest BCUT2D eigenvalue weighted by atomic mass is 10.3. The van der Waals surface area contributed by atoms with Gasteiger partial charge in [0, 0.05) is 35.8 Å². The molecule has 1 aromatic heterocycles. The molecule has 108 valence electrons. The first kappa shape index (κ1) is 16.5. The normalized spacial score (nSPS) is 18.8. The second-order valence-corrected chi connectivity index (χ2v) is 5.99. The predicted molar refractivity (Wildman–Crippen MR) is 83.1 cm³/mol. The van der Waals surface area contributed by atoms with Crippen molar-refractivity contribution in [2.75, 3.05) is 20.1 Å². The fourth-order valence-corrected chi connectivity index (χ4v) is 2.82. The van der Waals surface area contributed by atoms with E-state index in [4.69, 9.17) is 0 Å². The summed E-state index contributed by atoms with van der Waals surface area (Å²) in [5.41, 5.74) is 0.772. The fourth-order valence-electron chi connectivity index (χ4n) is 2.39. The van der Waals surface area contributed by atoms with Crippen molar-refractivity contribution in [3.8, 4) is 0 Å². The summed E-state index contributed by atoms with van der Waals surface area (Å²) in [5.74, 6) is 0.132. The quantitative estimate of drug-likeness (QED) is 0.910. The minimum absolute atomic E-state index is 0. The molecule has 1 aliphatic heterocycles. The van der Waals surface area contributed by atoms with Crippen LogP contribution in [0.4, 0.5) is 0 Å². The molecule has 1 atom stereocenters. The number of likely N-dealkylation sites (N-methyl/N-ethyl adjacent to an activating group) is 1. The highest BCUT2D eigenvalue weighted by atomic mass is 79.9. The molecule has 0 radical (unpaired) electrons. The molecule has 6 heteroatoms. The second-order valence-electron chi connectivity index (χ2n) is 5.07. The SMILES string of the molecule is CNC1CCN(C(=O)c2cc(Br)cn2C(C)C)C1.Cl. The van der Waals surface area contributed by atoms with Crippen LogP contribution < -0.4 is 5.32 Å². The fraction of sp³-hybridized carbons (Fsp3) is 0.615. The molecular formula is C13H21BrClN3O. The smallest absolute Gasteiger partial charge is 0.270 e. The van der Waals surface area contributed by atoms with Gasteiger partial charge in [-0.05, 0) is 49.3 Å². The van der Waals surface area contributed by atoms with Crippen LogP contribution in [0.25, 0.3) is 0 Å². The molecule has 2 heterocycles. The Morgan fingerprint density at radius 3 is 2.74 bits per heavy atom. The van der Waals surface area contributed by atoms with Gasteiger partial charge in [0.25, 0.3) is 5.91 Å². The third-order valence-electron chi connectivity index (χ3n) is 3.47. The number of nitrogens with one attached hydrogen (secondary N) is 1. The van der Waals surface area contributed by atoms with E-state index < -0.39 is 0 Å². The molecule has 4 nitrogen and oxygen atoms in total. The summed E-state index contributed by atoms with van der Waals surface area (Å²) in [6, 6.07) is 2.63. The Balaban J connectivity index is 0.00000180. The zero-order valence-corrected chi connectivity index (χ0v) is 13.9. The highest BCUT2D eigenvalue weighted by molar-refractivity contribution is 9.10. The zero-order chi connectivity index (χ0) is 13.3. The molecule has 2 rings (SSSR count). The van der Waals surface area contributed by atoms with Gasteiger partial charge in [0.2, 0.25) is 0 Å². The van der Waals surface area contributed by atoms with Gasteiger partial charge in [-0.3, -0.25) is 4.79 Å². The van der Waals surface area contributed by atoms with Crippen molar-refractivity contribution in [1.29, 1.82) is 0 Å². The number of amides is 1. The Labute approximate surface area is 129 Å². The van der Waals surface area contributed by atoms with Crippen molar-refractivity contribution >= 4 is 34.2 Å². The van der Waals surface area contributed by atoms with Crippen LogP contribution in [0.1, 0.15) is 36.8 Å². The molecule has 0 aliphatic carbocycles. The van der Waals surface area contributed by atoms with Crippen molar-refractivity contribution < 1.29 is 4.79 Å². The van der Waals surface area contributed by atoms with Crippen molar-refractivity contribution in [3.63, 3.8) is 0 Å². The molecule has 1 aliphatic rings. The first-order valence-electron chi connectivity index (χ1n) is 6.37. The van der Waals surface area contributed by atoms with Gasteiger partial charge in [0.05, 0.1) is 0 Å². The number of aromatic nitrogens is 1. The molecule has 1 aromatic rings. The minimum Gasteiger partial charge on any atom is -0.340 e. The summed E-state index contributed by atoms with van der Waals surface area (Å²) in [5, 5.41) is 3.23. The molecular weight excluding hydrogens is 330 g/mol. The van der Waals surface area contributed by atoms with E-state index in [1.165, 1.54) is 0 Å².